The zero-order valence-corrected chi connectivity index (χ0v) is 19.3. The Morgan fingerprint density at radius 2 is 1.61 bits per heavy atom. The van der Waals surface area contributed by atoms with Gasteiger partial charge in [0.25, 0.3) is 0 Å². The maximum Gasteiger partial charge on any atom is 0.0460 e. The summed E-state index contributed by atoms with van der Waals surface area (Å²) in [7, 11) is 0. The Kier molecular flexibility index (Phi) is 6.58. The van der Waals surface area contributed by atoms with Gasteiger partial charge in [-0.1, -0.05) is 77.1 Å². The molecule has 1 atom stereocenters. The van der Waals surface area contributed by atoms with Crippen molar-refractivity contribution in [2.45, 2.75) is 78.1 Å². The van der Waals surface area contributed by atoms with Gasteiger partial charge in [-0.3, -0.25) is 0 Å². The van der Waals surface area contributed by atoms with E-state index in [0.717, 1.165) is 17.8 Å². The van der Waals surface area contributed by atoms with E-state index < -0.39 is 0 Å². The van der Waals surface area contributed by atoms with E-state index >= 15 is 0 Å². The Labute approximate surface area is 179 Å². The van der Waals surface area contributed by atoms with E-state index in [-0.39, 0.29) is 0 Å². The summed E-state index contributed by atoms with van der Waals surface area (Å²) in [4.78, 5) is 3.04. The average Bonchev–Trinajstić information content (AvgIpc) is 3.28. The minimum Gasteiger partial charge on any atom is -0.139 e. The highest BCUT2D eigenvalue weighted by molar-refractivity contribution is 7.29. The molecule has 0 aliphatic heterocycles. The average molecular weight is 411 g/mol. The molecule has 0 N–H and O–H groups in total. The number of fused-ring (bicyclic) bond motifs is 1. The first kappa shape index (κ1) is 20.2. The van der Waals surface area contributed by atoms with Crippen LogP contribution < -0.4 is 0 Å². The van der Waals surface area contributed by atoms with E-state index in [9.17, 15) is 0 Å². The molecular weight excluding hydrogens is 376 g/mol. The molecule has 1 unspecified atom stereocenters. The fourth-order valence-electron chi connectivity index (χ4n) is 4.96. The highest BCUT2D eigenvalue weighted by Crippen LogP contribution is 2.45. The molecule has 0 radical (unpaired) electrons. The third kappa shape index (κ3) is 4.39. The van der Waals surface area contributed by atoms with Crippen molar-refractivity contribution < 1.29 is 0 Å². The van der Waals surface area contributed by atoms with E-state index in [2.05, 4.69) is 57.2 Å². The zero-order valence-electron chi connectivity index (χ0n) is 17.7. The predicted molar refractivity (Wildman–Crippen MR) is 128 cm³/mol. The quantitative estimate of drug-likeness (QED) is 0.364. The van der Waals surface area contributed by atoms with Crippen LogP contribution in [0, 0.1) is 11.8 Å². The van der Waals surface area contributed by atoms with Gasteiger partial charge in [0, 0.05) is 19.2 Å². The van der Waals surface area contributed by atoms with Gasteiger partial charge in [-0.2, -0.15) is 0 Å². The summed E-state index contributed by atoms with van der Waals surface area (Å²) in [6.45, 7) is 7.06. The molecule has 1 aliphatic rings. The minimum atomic E-state index is 0.726. The zero-order chi connectivity index (χ0) is 19.5. The van der Waals surface area contributed by atoms with E-state index in [1.165, 1.54) is 76.8 Å². The van der Waals surface area contributed by atoms with Crippen LogP contribution in [0.1, 0.15) is 82.1 Å². The van der Waals surface area contributed by atoms with Gasteiger partial charge < -0.3 is 0 Å². The molecule has 0 nitrogen and oxygen atoms in total. The van der Waals surface area contributed by atoms with Crippen molar-refractivity contribution in [3.05, 3.63) is 46.8 Å². The van der Waals surface area contributed by atoms with Gasteiger partial charge in [0.2, 0.25) is 0 Å². The molecule has 0 amide bonds. The van der Waals surface area contributed by atoms with Crippen molar-refractivity contribution in [2.24, 2.45) is 11.8 Å². The second kappa shape index (κ2) is 9.13. The number of hydrogen-bond acceptors (Lipinski definition) is 2. The number of hydrogen-bond donors (Lipinski definition) is 0. The summed E-state index contributed by atoms with van der Waals surface area (Å²) < 4.78 is 2.97. The Morgan fingerprint density at radius 1 is 0.893 bits per heavy atom. The number of aryl methyl sites for hydroxylation is 1. The second-order valence-electron chi connectivity index (χ2n) is 8.79. The maximum atomic E-state index is 2.50. The largest absolute Gasteiger partial charge is 0.139 e. The Morgan fingerprint density at radius 3 is 2.25 bits per heavy atom. The summed E-state index contributed by atoms with van der Waals surface area (Å²) in [5.74, 6) is 2.63. The molecule has 1 saturated carbocycles. The summed E-state index contributed by atoms with van der Waals surface area (Å²) in [6.07, 6.45) is 11.0. The smallest absolute Gasteiger partial charge is 0.0460 e. The maximum absolute atomic E-state index is 2.50. The minimum absolute atomic E-state index is 0.726. The highest BCUT2D eigenvalue weighted by Gasteiger charge is 2.27. The molecule has 3 aromatic rings. The predicted octanol–water partition coefficient (Wildman–Crippen LogP) is 9.29. The number of thiophene rings is 2. The summed E-state index contributed by atoms with van der Waals surface area (Å²) in [5, 5.41) is 0. The Hall–Kier alpha value is -1.12. The van der Waals surface area contributed by atoms with Crippen LogP contribution in [-0.4, -0.2) is 0 Å². The van der Waals surface area contributed by atoms with Crippen LogP contribution in [-0.2, 0) is 6.42 Å². The van der Waals surface area contributed by atoms with Gasteiger partial charge in [0.15, 0.2) is 0 Å². The van der Waals surface area contributed by atoms with Crippen LogP contribution in [0.5, 0.6) is 0 Å². The van der Waals surface area contributed by atoms with Crippen LogP contribution in [0.25, 0.3) is 19.8 Å². The van der Waals surface area contributed by atoms with Crippen LogP contribution in [0.3, 0.4) is 0 Å². The second-order valence-corrected chi connectivity index (χ2v) is 11.0. The van der Waals surface area contributed by atoms with Crippen LogP contribution in [0.4, 0.5) is 0 Å². The van der Waals surface area contributed by atoms with Crippen molar-refractivity contribution in [1.29, 1.82) is 0 Å². The fraction of sp³-hybridized carbons (Fsp3) is 0.538. The van der Waals surface area contributed by atoms with E-state index in [0.29, 0.717) is 0 Å². The first-order valence-corrected chi connectivity index (χ1v) is 12.9. The standard InChI is InChI=1S/C26H34S2/c1-4-6-19-8-12-21(13-9-19)18(3)23-16-25-26(27-23)17-24(28-25)22-14-10-20(7-5-2)11-15-22/h10-11,14-19,21H,4-9,12-13H2,1-3H3. The molecule has 1 aliphatic carbocycles. The van der Waals surface area contributed by atoms with Gasteiger partial charge in [-0.25, -0.2) is 0 Å². The lowest BCUT2D eigenvalue weighted by Gasteiger charge is -2.31. The normalized spacial score (nSPS) is 21.2. The number of benzene rings is 1. The lowest BCUT2D eigenvalue weighted by atomic mass is 9.75. The van der Waals surface area contributed by atoms with Crippen molar-refractivity contribution in [2.75, 3.05) is 0 Å². The first-order chi connectivity index (χ1) is 13.7. The molecule has 0 spiro atoms. The SMILES string of the molecule is CCCc1ccc(-c2cc3sc(C(C)C4CCC(CCC)CC4)cc3s2)cc1. The van der Waals surface area contributed by atoms with Crippen molar-refractivity contribution in [3.8, 4) is 10.4 Å². The van der Waals surface area contributed by atoms with Gasteiger partial charge >= 0.3 is 0 Å². The van der Waals surface area contributed by atoms with Gasteiger partial charge in [-0.15, -0.1) is 22.7 Å². The first-order valence-electron chi connectivity index (χ1n) is 11.3. The van der Waals surface area contributed by atoms with Crippen LogP contribution in [0.2, 0.25) is 0 Å². The lowest BCUT2D eigenvalue weighted by molar-refractivity contribution is 0.240. The molecule has 28 heavy (non-hydrogen) atoms. The molecule has 1 fully saturated rings. The molecule has 2 heterocycles. The van der Waals surface area contributed by atoms with Gasteiger partial charge in [-0.05, 0) is 60.3 Å². The molecular formula is C26H34S2. The Balaban J connectivity index is 1.45. The van der Waals surface area contributed by atoms with Crippen LogP contribution in [0.15, 0.2) is 36.4 Å². The lowest BCUT2D eigenvalue weighted by Crippen LogP contribution is -2.18. The van der Waals surface area contributed by atoms with E-state index in [4.69, 9.17) is 0 Å². The molecule has 150 valence electrons. The van der Waals surface area contributed by atoms with Gasteiger partial charge in [0.05, 0.1) is 0 Å². The highest BCUT2D eigenvalue weighted by atomic mass is 32.1. The van der Waals surface area contributed by atoms with E-state index in [1.807, 2.05) is 22.7 Å². The summed E-state index contributed by atoms with van der Waals surface area (Å²) in [5.41, 5.74) is 2.83. The molecule has 1 aromatic carbocycles. The van der Waals surface area contributed by atoms with Crippen molar-refractivity contribution in [3.63, 3.8) is 0 Å². The third-order valence-electron chi connectivity index (χ3n) is 6.75. The van der Waals surface area contributed by atoms with Crippen LogP contribution >= 0.6 is 22.7 Å². The van der Waals surface area contributed by atoms with Gasteiger partial charge in [0.1, 0.15) is 0 Å². The Bertz CT molecular complexity index is 843. The monoisotopic (exact) mass is 410 g/mol. The van der Waals surface area contributed by atoms with Crippen molar-refractivity contribution in [1.82, 2.24) is 0 Å². The molecule has 0 bridgehead atoms. The topological polar surface area (TPSA) is 0 Å². The summed E-state index contributed by atoms with van der Waals surface area (Å²) in [6, 6.07) is 14.1. The molecule has 2 heteroatoms. The summed E-state index contributed by atoms with van der Waals surface area (Å²) >= 11 is 4.02. The number of rotatable bonds is 7. The van der Waals surface area contributed by atoms with E-state index in [1.54, 1.807) is 4.88 Å². The fourth-order valence-corrected chi connectivity index (χ4v) is 7.52. The molecule has 4 rings (SSSR count). The molecule has 2 aromatic heterocycles. The molecule has 0 saturated heterocycles. The third-order valence-corrected chi connectivity index (χ3v) is 9.29. The van der Waals surface area contributed by atoms with Crippen molar-refractivity contribution >= 4 is 32.1 Å².